The number of benzene rings is 2. The lowest BCUT2D eigenvalue weighted by Crippen LogP contribution is -2.43. The first-order valence-electron chi connectivity index (χ1n) is 11.2. The van der Waals surface area contributed by atoms with Gasteiger partial charge >= 0.3 is 0 Å². The average molecular weight is 498 g/mol. The first-order valence-corrected chi connectivity index (χ1v) is 12.5. The van der Waals surface area contributed by atoms with Crippen molar-refractivity contribution < 1.29 is 14.3 Å². The molecule has 8 heteroatoms. The van der Waals surface area contributed by atoms with Crippen molar-refractivity contribution in [2.75, 3.05) is 32.8 Å². The van der Waals surface area contributed by atoms with Crippen LogP contribution in [0.5, 0.6) is 5.75 Å². The Morgan fingerprint density at radius 2 is 2.06 bits per heavy atom. The molecule has 2 heterocycles. The molecule has 1 aliphatic rings. The molecule has 0 radical (unpaired) electrons. The molecule has 0 spiro atoms. The topological polar surface area (TPSA) is 63.7 Å². The van der Waals surface area contributed by atoms with Gasteiger partial charge < -0.3 is 14.8 Å². The van der Waals surface area contributed by atoms with Crippen molar-refractivity contribution >= 4 is 34.9 Å². The first-order chi connectivity index (χ1) is 16.6. The van der Waals surface area contributed by atoms with Crippen molar-refractivity contribution in [3.63, 3.8) is 0 Å². The number of morpholine rings is 1. The standard InChI is InChI=1S/C26H28ClN3O3S/c1-19-29-23(18-34-19)17-33-24-4-2-3-20(15-24)5-10-26(31)28-16-25(30-11-13-32-14-12-30)21-6-8-22(27)9-7-21/h2-10,15,18,25H,11-14,16-17H2,1H3,(H,28,31)/b10-5+. The lowest BCUT2D eigenvalue weighted by atomic mass is 10.0. The molecular formula is C26H28ClN3O3S. The van der Waals surface area contributed by atoms with Crippen molar-refractivity contribution in [1.29, 1.82) is 0 Å². The van der Waals surface area contributed by atoms with E-state index in [4.69, 9.17) is 21.1 Å². The smallest absolute Gasteiger partial charge is 0.244 e. The summed E-state index contributed by atoms with van der Waals surface area (Å²) < 4.78 is 11.3. The molecule has 1 aliphatic heterocycles. The van der Waals surface area contributed by atoms with E-state index in [0.29, 0.717) is 31.4 Å². The highest BCUT2D eigenvalue weighted by Gasteiger charge is 2.23. The molecule has 1 unspecified atom stereocenters. The van der Waals surface area contributed by atoms with Crippen LogP contribution in [0.25, 0.3) is 6.08 Å². The summed E-state index contributed by atoms with van der Waals surface area (Å²) in [6.07, 6.45) is 3.35. The predicted octanol–water partition coefficient (Wildman–Crippen LogP) is 4.89. The second kappa shape index (κ2) is 12.1. The van der Waals surface area contributed by atoms with E-state index < -0.39 is 0 Å². The number of hydrogen-bond donors (Lipinski definition) is 1. The average Bonchev–Trinajstić information content (AvgIpc) is 3.28. The molecule has 1 N–H and O–H groups in total. The number of aromatic nitrogens is 1. The van der Waals surface area contributed by atoms with Crippen molar-refractivity contribution in [2.24, 2.45) is 0 Å². The molecule has 3 aromatic rings. The number of rotatable bonds is 9. The van der Waals surface area contributed by atoms with E-state index >= 15 is 0 Å². The number of hydrogen-bond acceptors (Lipinski definition) is 6. The number of aryl methyl sites for hydroxylation is 1. The monoisotopic (exact) mass is 497 g/mol. The second-order valence-electron chi connectivity index (χ2n) is 8.01. The van der Waals surface area contributed by atoms with E-state index in [1.807, 2.05) is 60.8 Å². The third-order valence-electron chi connectivity index (χ3n) is 5.55. The van der Waals surface area contributed by atoms with Crippen LogP contribution >= 0.6 is 22.9 Å². The zero-order valence-electron chi connectivity index (χ0n) is 19.1. The molecule has 1 saturated heterocycles. The van der Waals surface area contributed by atoms with Crippen LogP contribution in [0.15, 0.2) is 60.0 Å². The van der Waals surface area contributed by atoms with Gasteiger partial charge in [-0.1, -0.05) is 35.9 Å². The highest BCUT2D eigenvalue weighted by Crippen LogP contribution is 2.23. The predicted molar refractivity (Wildman–Crippen MR) is 136 cm³/mol. The number of nitrogens with one attached hydrogen (secondary N) is 1. The highest BCUT2D eigenvalue weighted by atomic mass is 35.5. The van der Waals surface area contributed by atoms with E-state index in [2.05, 4.69) is 15.2 Å². The molecule has 0 bridgehead atoms. The van der Waals surface area contributed by atoms with Crippen molar-refractivity contribution in [2.45, 2.75) is 19.6 Å². The molecule has 1 atom stereocenters. The van der Waals surface area contributed by atoms with Crippen LogP contribution in [-0.4, -0.2) is 48.6 Å². The zero-order chi connectivity index (χ0) is 23.8. The molecule has 2 aromatic carbocycles. The number of carbonyl (C=O) groups is 1. The van der Waals surface area contributed by atoms with Gasteiger partial charge in [0.05, 0.1) is 30.0 Å². The van der Waals surface area contributed by atoms with E-state index in [-0.39, 0.29) is 11.9 Å². The fraction of sp³-hybridized carbons (Fsp3) is 0.308. The molecule has 4 rings (SSSR count). The lowest BCUT2D eigenvalue weighted by molar-refractivity contribution is -0.116. The van der Waals surface area contributed by atoms with Crippen LogP contribution in [0, 0.1) is 6.92 Å². The summed E-state index contributed by atoms with van der Waals surface area (Å²) in [6.45, 7) is 5.94. The van der Waals surface area contributed by atoms with E-state index in [1.54, 1.807) is 23.5 Å². The summed E-state index contributed by atoms with van der Waals surface area (Å²) in [4.78, 5) is 19.3. The minimum Gasteiger partial charge on any atom is -0.487 e. The van der Waals surface area contributed by atoms with Gasteiger partial charge in [-0.15, -0.1) is 11.3 Å². The van der Waals surface area contributed by atoms with Crippen LogP contribution in [-0.2, 0) is 16.1 Å². The van der Waals surface area contributed by atoms with E-state index in [0.717, 1.165) is 40.7 Å². The maximum atomic E-state index is 12.6. The van der Waals surface area contributed by atoms with Gasteiger partial charge in [0.1, 0.15) is 12.4 Å². The van der Waals surface area contributed by atoms with E-state index in [1.165, 1.54) is 0 Å². The summed E-state index contributed by atoms with van der Waals surface area (Å²) in [5.74, 6) is 0.597. The van der Waals surface area contributed by atoms with Gasteiger partial charge in [0, 0.05) is 36.1 Å². The molecule has 1 aromatic heterocycles. The number of nitrogens with zero attached hydrogens (tertiary/aromatic N) is 2. The largest absolute Gasteiger partial charge is 0.487 e. The van der Waals surface area contributed by atoms with Crippen LogP contribution in [0.4, 0.5) is 0 Å². The number of halogens is 1. The number of thiazole rings is 1. The summed E-state index contributed by atoms with van der Waals surface area (Å²) in [5, 5.41) is 6.77. The molecule has 34 heavy (non-hydrogen) atoms. The van der Waals surface area contributed by atoms with Gasteiger partial charge in [-0.25, -0.2) is 4.98 Å². The van der Waals surface area contributed by atoms with Gasteiger partial charge in [-0.3, -0.25) is 9.69 Å². The fourth-order valence-corrected chi connectivity index (χ4v) is 4.52. The van der Waals surface area contributed by atoms with Gasteiger partial charge in [-0.05, 0) is 48.4 Å². The zero-order valence-corrected chi connectivity index (χ0v) is 20.6. The molecule has 0 saturated carbocycles. The Morgan fingerprint density at radius 3 is 2.79 bits per heavy atom. The maximum Gasteiger partial charge on any atom is 0.244 e. The first kappa shape index (κ1) is 24.4. The summed E-state index contributed by atoms with van der Waals surface area (Å²) in [6, 6.07) is 15.5. The SMILES string of the molecule is Cc1nc(COc2cccc(/C=C/C(=O)NCC(c3ccc(Cl)cc3)N3CCOCC3)c2)cs1. The Labute approximate surface area is 209 Å². The normalized spacial score (nSPS) is 15.4. The third-order valence-corrected chi connectivity index (χ3v) is 6.62. The number of amides is 1. The van der Waals surface area contributed by atoms with Crippen LogP contribution in [0.3, 0.4) is 0 Å². The summed E-state index contributed by atoms with van der Waals surface area (Å²) >= 11 is 7.67. The van der Waals surface area contributed by atoms with Crippen molar-refractivity contribution in [1.82, 2.24) is 15.2 Å². The van der Waals surface area contributed by atoms with Crippen LogP contribution in [0.2, 0.25) is 5.02 Å². The number of carbonyl (C=O) groups excluding carboxylic acids is 1. The van der Waals surface area contributed by atoms with Gasteiger partial charge in [0.25, 0.3) is 0 Å². The van der Waals surface area contributed by atoms with E-state index in [9.17, 15) is 4.79 Å². The molecule has 178 valence electrons. The summed E-state index contributed by atoms with van der Waals surface area (Å²) in [7, 11) is 0. The van der Waals surface area contributed by atoms with Gasteiger partial charge in [0.15, 0.2) is 0 Å². The fourth-order valence-electron chi connectivity index (χ4n) is 3.80. The summed E-state index contributed by atoms with van der Waals surface area (Å²) in [5.41, 5.74) is 2.93. The lowest BCUT2D eigenvalue weighted by Gasteiger charge is -2.34. The second-order valence-corrected chi connectivity index (χ2v) is 9.51. The Balaban J connectivity index is 1.34. The maximum absolute atomic E-state index is 12.6. The van der Waals surface area contributed by atoms with Crippen molar-refractivity contribution in [3.8, 4) is 5.75 Å². The molecule has 1 amide bonds. The highest BCUT2D eigenvalue weighted by molar-refractivity contribution is 7.09. The van der Waals surface area contributed by atoms with Crippen molar-refractivity contribution in [3.05, 3.63) is 86.8 Å². The minimum absolute atomic E-state index is 0.0598. The van der Waals surface area contributed by atoms with Crippen LogP contribution in [0.1, 0.15) is 27.9 Å². The minimum atomic E-state index is -0.142. The Hall–Kier alpha value is -2.71. The molecule has 6 nitrogen and oxygen atoms in total. The van der Waals surface area contributed by atoms with Gasteiger partial charge in [0.2, 0.25) is 5.91 Å². The van der Waals surface area contributed by atoms with Crippen LogP contribution < -0.4 is 10.1 Å². The Bertz CT molecular complexity index is 1110. The Kier molecular flexibility index (Phi) is 8.71. The number of ether oxygens (including phenoxy) is 2. The Morgan fingerprint density at radius 1 is 1.26 bits per heavy atom. The van der Waals surface area contributed by atoms with Gasteiger partial charge in [-0.2, -0.15) is 0 Å². The molecular weight excluding hydrogens is 470 g/mol. The third kappa shape index (κ3) is 7.14. The molecule has 1 fully saturated rings. The molecule has 0 aliphatic carbocycles. The quantitative estimate of drug-likeness (QED) is 0.426.